The summed E-state index contributed by atoms with van der Waals surface area (Å²) in [6.07, 6.45) is 10.7. The first-order valence-corrected chi connectivity index (χ1v) is 6.94. The van der Waals surface area contributed by atoms with E-state index in [1.165, 1.54) is 37.7 Å². The van der Waals surface area contributed by atoms with Gasteiger partial charge in [0.2, 0.25) is 0 Å². The third-order valence-electron chi connectivity index (χ3n) is 4.30. The summed E-state index contributed by atoms with van der Waals surface area (Å²) in [7, 11) is 2.09. The van der Waals surface area contributed by atoms with Gasteiger partial charge in [0.1, 0.15) is 0 Å². The Balaban J connectivity index is 2.16. The van der Waals surface area contributed by atoms with Crippen molar-refractivity contribution in [1.29, 1.82) is 0 Å². The molecule has 1 N–H and O–H groups in total. The van der Waals surface area contributed by atoms with Crippen LogP contribution in [0.15, 0.2) is 24.5 Å². The first-order valence-electron chi connectivity index (χ1n) is 6.94. The van der Waals surface area contributed by atoms with Crippen LogP contribution >= 0.6 is 0 Å². The van der Waals surface area contributed by atoms with Crippen LogP contribution < -0.4 is 5.32 Å². The van der Waals surface area contributed by atoms with Crippen LogP contribution in [0.2, 0.25) is 0 Å². The zero-order valence-corrected chi connectivity index (χ0v) is 11.0. The van der Waals surface area contributed by atoms with E-state index in [2.05, 4.69) is 36.4 Å². The average Bonchev–Trinajstić information content (AvgIpc) is 2.41. The number of nitrogens with one attached hydrogen (secondary N) is 1. The van der Waals surface area contributed by atoms with Crippen LogP contribution in [-0.4, -0.2) is 12.0 Å². The third kappa shape index (κ3) is 2.86. The monoisotopic (exact) mass is 232 g/mol. The van der Waals surface area contributed by atoms with Crippen molar-refractivity contribution in [3.05, 3.63) is 30.1 Å². The Bertz CT molecular complexity index is 323. The smallest absolute Gasteiger partial charge is 0.0349 e. The zero-order chi connectivity index (χ0) is 12.1. The number of pyridine rings is 1. The van der Waals surface area contributed by atoms with Gasteiger partial charge in [0.25, 0.3) is 0 Å². The maximum Gasteiger partial charge on any atom is 0.0349 e. The van der Waals surface area contributed by atoms with Crippen LogP contribution in [0.5, 0.6) is 0 Å². The summed E-state index contributed by atoms with van der Waals surface area (Å²) in [5.41, 5.74) is 1.40. The molecule has 0 spiro atoms. The fourth-order valence-electron chi connectivity index (χ4n) is 3.38. The highest BCUT2D eigenvalue weighted by molar-refractivity contribution is 5.16. The van der Waals surface area contributed by atoms with E-state index >= 15 is 0 Å². The van der Waals surface area contributed by atoms with E-state index in [0.29, 0.717) is 6.04 Å². The molecule has 1 saturated carbocycles. The summed E-state index contributed by atoms with van der Waals surface area (Å²) in [5, 5.41) is 3.52. The normalized spacial score (nSPS) is 26.7. The topological polar surface area (TPSA) is 24.9 Å². The van der Waals surface area contributed by atoms with Crippen molar-refractivity contribution in [3.63, 3.8) is 0 Å². The summed E-state index contributed by atoms with van der Waals surface area (Å²) in [6.45, 7) is 2.34. The van der Waals surface area contributed by atoms with Gasteiger partial charge >= 0.3 is 0 Å². The lowest BCUT2D eigenvalue weighted by Gasteiger charge is -2.37. The highest BCUT2D eigenvalue weighted by Crippen LogP contribution is 2.39. The molecule has 0 aromatic carbocycles. The Morgan fingerprint density at radius 1 is 1.29 bits per heavy atom. The Morgan fingerprint density at radius 2 is 2.00 bits per heavy atom. The summed E-state index contributed by atoms with van der Waals surface area (Å²) in [4.78, 5) is 4.12. The van der Waals surface area contributed by atoms with Crippen molar-refractivity contribution in [2.24, 2.45) is 11.8 Å². The SMILES string of the molecule is CCC1CCCCC1C(NC)c1ccncc1. The molecule has 2 heteroatoms. The minimum atomic E-state index is 0.503. The van der Waals surface area contributed by atoms with E-state index in [0.717, 1.165) is 11.8 Å². The van der Waals surface area contributed by atoms with E-state index in [-0.39, 0.29) is 0 Å². The van der Waals surface area contributed by atoms with Crippen molar-refractivity contribution >= 4 is 0 Å². The van der Waals surface area contributed by atoms with Crippen LogP contribution in [0.25, 0.3) is 0 Å². The predicted octanol–water partition coefficient (Wildman–Crippen LogP) is 3.56. The largest absolute Gasteiger partial charge is 0.313 e. The van der Waals surface area contributed by atoms with Crippen molar-refractivity contribution in [2.45, 2.75) is 45.1 Å². The van der Waals surface area contributed by atoms with Crippen molar-refractivity contribution in [2.75, 3.05) is 7.05 Å². The lowest BCUT2D eigenvalue weighted by molar-refractivity contribution is 0.180. The van der Waals surface area contributed by atoms with Gasteiger partial charge in [-0.1, -0.05) is 32.6 Å². The van der Waals surface area contributed by atoms with Gasteiger partial charge in [0, 0.05) is 18.4 Å². The van der Waals surface area contributed by atoms with E-state index in [1.807, 2.05) is 12.4 Å². The number of hydrogen-bond donors (Lipinski definition) is 1. The minimum absolute atomic E-state index is 0.503. The third-order valence-corrected chi connectivity index (χ3v) is 4.30. The molecule has 0 amide bonds. The molecule has 1 aromatic heterocycles. The lowest BCUT2D eigenvalue weighted by atomic mass is 9.72. The van der Waals surface area contributed by atoms with Gasteiger partial charge in [-0.2, -0.15) is 0 Å². The molecule has 94 valence electrons. The van der Waals surface area contributed by atoms with Crippen LogP contribution in [0.4, 0.5) is 0 Å². The molecular formula is C15H24N2. The maximum absolute atomic E-state index is 4.12. The molecule has 0 saturated heterocycles. The first kappa shape index (κ1) is 12.6. The zero-order valence-electron chi connectivity index (χ0n) is 11.0. The molecule has 0 radical (unpaired) electrons. The summed E-state index contributed by atoms with van der Waals surface area (Å²) >= 11 is 0. The molecule has 1 aliphatic carbocycles. The second kappa shape index (κ2) is 6.15. The molecule has 1 heterocycles. The highest BCUT2D eigenvalue weighted by Gasteiger charge is 2.30. The van der Waals surface area contributed by atoms with Crippen molar-refractivity contribution in [3.8, 4) is 0 Å². The molecule has 2 nitrogen and oxygen atoms in total. The van der Waals surface area contributed by atoms with Crippen LogP contribution in [0.1, 0.15) is 50.6 Å². The van der Waals surface area contributed by atoms with Gasteiger partial charge in [-0.15, -0.1) is 0 Å². The molecule has 17 heavy (non-hydrogen) atoms. The van der Waals surface area contributed by atoms with E-state index in [4.69, 9.17) is 0 Å². The van der Waals surface area contributed by atoms with E-state index in [1.54, 1.807) is 0 Å². The Morgan fingerprint density at radius 3 is 2.65 bits per heavy atom. The molecule has 2 rings (SSSR count). The second-order valence-corrected chi connectivity index (χ2v) is 5.16. The minimum Gasteiger partial charge on any atom is -0.313 e. The average molecular weight is 232 g/mol. The van der Waals surface area contributed by atoms with Crippen molar-refractivity contribution in [1.82, 2.24) is 10.3 Å². The Labute approximate surface area is 105 Å². The molecule has 3 unspecified atom stereocenters. The first-order chi connectivity index (χ1) is 8.36. The fourth-order valence-corrected chi connectivity index (χ4v) is 3.38. The van der Waals surface area contributed by atoms with Crippen LogP contribution in [-0.2, 0) is 0 Å². The summed E-state index contributed by atoms with van der Waals surface area (Å²) < 4.78 is 0. The van der Waals surface area contributed by atoms with Gasteiger partial charge in [0.15, 0.2) is 0 Å². The molecule has 3 atom stereocenters. The van der Waals surface area contributed by atoms with Crippen LogP contribution in [0.3, 0.4) is 0 Å². The van der Waals surface area contributed by atoms with Crippen LogP contribution in [0, 0.1) is 11.8 Å². The molecule has 1 fully saturated rings. The Hall–Kier alpha value is -0.890. The maximum atomic E-state index is 4.12. The van der Waals surface area contributed by atoms with Crippen molar-refractivity contribution < 1.29 is 0 Å². The lowest BCUT2D eigenvalue weighted by Crippen LogP contribution is -2.32. The Kier molecular flexibility index (Phi) is 4.55. The molecular weight excluding hydrogens is 208 g/mol. The van der Waals surface area contributed by atoms with E-state index in [9.17, 15) is 0 Å². The van der Waals surface area contributed by atoms with Gasteiger partial charge in [-0.25, -0.2) is 0 Å². The number of aromatic nitrogens is 1. The second-order valence-electron chi connectivity index (χ2n) is 5.16. The molecule has 0 aliphatic heterocycles. The highest BCUT2D eigenvalue weighted by atomic mass is 14.9. The fraction of sp³-hybridized carbons (Fsp3) is 0.667. The van der Waals surface area contributed by atoms with E-state index < -0.39 is 0 Å². The summed E-state index contributed by atoms with van der Waals surface area (Å²) in [5.74, 6) is 1.68. The van der Waals surface area contributed by atoms with Gasteiger partial charge in [-0.3, -0.25) is 4.98 Å². The summed E-state index contributed by atoms with van der Waals surface area (Å²) in [6, 6.07) is 4.81. The molecule has 0 bridgehead atoms. The van der Waals surface area contributed by atoms with Gasteiger partial charge < -0.3 is 5.32 Å². The number of rotatable bonds is 4. The molecule has 1 aliphatic rings. The standard InChI is InChI=1S/C15H24N2/c1-3-12-6-4-5-7-14(12)15(16-2)13-8-10-17-11-9-13/h8-12,14-16H,3-7H2,1-2H3. The number of hydrogen-bond acceptors (Lipinski definition) is 2. The van der Waals surface area contributed by atoms with Gasteiger partial charge in [0.05, 0.1) is 0 Å². The quantitative estimate of drug-likeness (QED) is 0.858. The molecule has 1 aromatic rings. The van der Waals surface area contributed by atoms with Gasteiger partial charge in [-0.05, 0) is 43.0 Å². The predicted molar refractivity (Wildman–Crippen MR) is 71.8 cm³/mol. The number of nitrogens with zero attached hydrogens (tertiary/aromatic N) is 1.